The number of ether oxygens (including phenoxy) is 6. The van der Waals surface area contributed by atoms with Gasteiger partial charge in [-0.25, -0.2) is 0 Å². The highest BCUT2D eigenvalue weighted by molar-refractivity contribution is 5.76. The van der Waals surface area contributed by atoms with Crippen LogP contribution in [0, 0.1) is 0 Å². The van der Waals surface area contributed by atoms with E-state index in [9.17, 15) is 61.0 Å². The third-order valence-corrected chi connectivity index (χ3v) is 13.8. The summed E-state index contributed by atoms with van der Waals surface area (Å²) >= 11 is 0. The van der Waals surface area contributed by atoms with Crippen LogP contribution in [0.4, 0.5) is 0 Å². The van der Waals surface area contributed by atoms with E-state index in [4.69, 9.17) is 28.4 Å². The number of hydrogen-bond donors (Lipinski definition) is 12. The first-order valence-corrected chi connectivity index (χ1v) is 28.2. The van der Waals surface area contributed by atoms with Gasteiger partial charge in [0.15, 0.2) is 18.9 Å². The van der Waals surface area contributed by atoms with E-state index in [2.05, 4.69) is 67.8 Å². The standard InChI is InChI=1S/C57H97NO18/c1-3-5-7-9-11-13-15-17-19-20-21-23-25-27-29-31-33-35-45(63)58-40(41(62)34-32-30-28-26-24-22-18-16-14-12-10-8-6-4-2)39-71-55-51(69)48(66)53(43(37-60)73-55)76-57-52(70)49(67)54(44(38-61)74-57)75-56-50(68)47(65)46(64)42(36-59)72-56/h5,7,11,13,17,19,21,23,27,29,32,34,40-44,46-57,59-62,64-70H,3-4,6,8-10,12,14-16,18,20,22,24-26,28,30-31,33,35-39H2,1-2H3,(H,58,63)/b7-5-,13-11-,19-17-,23-21-,29-27-,34-32+. The van der Waals surface area contributed by atoms with Crippen LogP contribution in [0.5, 0.6) is 0 Å². The number of aliphatic hydroxyl groups excluding tert-OH is 11. The third kappa shape index (κ3) is 24.7. The Balaban J connectivity index is 1.56. The normalized spacial score (nSPS) is 31.5. The molecule has 3 aliphatic heterocycles. The number of hydrogen-bond acceptors (Lipinski definition) is 18. The van der Waals surface area contributed by atoms with Crippen molar-refractivity contribution in [3.05, 3.63) is 72.9 Å². The van der Waals surface area contributed by atoms with Gasteiger partial charge in [0.2, 0.25) is 5.91 Å². The van der Waals surface area contributed by atoms with Crippen molar-refractivity contribution in [2.45, 2.75) is 253 Å². The summed E-state index contributed by atoms with van der Waals surface area (Å²) in [6, 6.07) is -1.00. The Morgan fingerprint density at radius 2 is 0.908 bits per heavy atom. The summed E-state index contributed by atoms with van der Waals surface area (Å²) in [5.74, 6) is -0.337. The molecule has 3 heterocycles. The Labute approximate surface area is 451 Å². The summed E-state index contributed by atoms with van der Waals surface area (Å²) in [5.41, 5.74) is 0. The summed E-state index contributed by atoms with van der Waals surface area (Å²) in [4.78, 5) is 13.3. The molecule has 1 amide bonds. The fourth-order valence-corrected chi connectivity index (χ4v) is 9.11. The molecule has 12 N–H and O–H groups in total. The molecule has 0 aromatic heterocycles. The lowest BCUT2D eigenvalue weighted by Crippen LogP contribution is -2.66. The monoisotopic (exact) mass is 1080 g/mol. The zero-order valence-corrected chi connectivity index (χ0v) is 45.2. The van der Waals surface area contributed by atoms with Crippen LogP contribution in [-0.4, -0.2) is 193 Å². The fourth-order valence-electron chi connectivity index (χ4n) is 9.11. The lowest BCUT2D eigenvalue weighted by Gasteiger charge is -2.48. The van der Waals surface area contributed by atoms with Crippen LogP contribution >= 0.6 is 0 Å². The largest absolute Gasteiger partial charge is 0.394 e. The van der Waals surface area contributed by atoms with Gasteiger partial charge in [0.05, 0.1) is 38.6 Å². The maximum absolute atomic E-state index is 13.3. The minimum absolute atomic E-state index is 0.161. The summed E-state index contributed by atoms with van der Waals surface area (Å²) in [5, 5.41) is 120. The average molecular weight is 1080 g/mol. The molecule has 0 aliphatic carbocycles. The molecule has 17 unspecified atom stereocenters. The Morgan fingerprint density at radius 3 is 1.41 bits per heavy atom. The SMILES string of the molecule is CC/C=C\C/C=C\C/C=C\C/C=C\C/C=C\CCCC(=O)NC(COC1OC(CO)C(OC2OC(CO)C(OC3OC(CO)C(O)C(O)C3O)C(O)C2O)C(O)C1O)C(O)/C=C/CCCCCCCCCCCCCC. The second-order valence-electron chi connectivity index (χ2n) is 20.0. The Hall–Kier alpha value is -2.77. The zero-order chi connectivity index (χ0) is 55.5. The quantitative estimate of drug-likeness (QED) is 0.0307. The number of amides is 1. The van der Waals surface area contributed by atoms with E-state index < -0.39 is 124 Å². The number of allylic oxidation sites excluding steroid dienone is 11. The van der Waals surface area contributed by atoms with Crippen LogP contribution in [0.1, 0.15) is 149 Å². The van der Waals surface area contributed by atoms with E-state index in [1.54, 1.807) is 6.08 Å². The van der Waals surface area contributed by atoms with E-state index >= 15 is 0 Å². The van der Waals surface area contributed by atoms with Gasteiger partial charge in [0, 0.05) is 6.42 Å². The first-order chi connectivity index (χ1) is 36.8. The molecule has 438 valence electrons. The molecule has 0 radical (unpaired) electrons. The second kappa shape index (κ2) is 40.4. The highest BCUT2D eigenvalue weighted by atomic mass is 16.8. The predicted octanol–water partition coefficient (Wildman–Crippen LogP) is 3.87. The van der Waals surface area contributed by atoms with Gasteiger partial charge in [0.1, 0.15) is 73.2 Å². The second-order valence-corrected chi connectivity index (χ2v) is 20.0. The fraction of sp³-hybridized carbons (Fsp3) is 0.772. The van der Waals surface area contributed by atoms with Crippen LogP contribution in [0.25, 0.3) is 0 Å². The minimum Gasteiger partial charge on any atom is -0.394 e. The van der Waals surface area contributed by atoms with Gasteiger partial charge in [0.25, 0.3) is 0 Å². The topological polar surface area (TPSA) is 307 Å². The van der Waals surface area contributed by atoms with E-state index in [1.807, 2.05) is 18.2 Å². The summed E-state index contributed by atoms with van der Waals surface area (Å²) in [6.45, 7) is 1.53. The molecule has 19 nitrogen and oxygen atoms in total. The lowest BCUT2D eigenvalue weighted by atomic mass is 9.96. The molecule has 3 rings (SSSR count). The zero-order valence-electron chi connectivity index (χ0n) is 45.2. The summed E-state index contributed by atoms with van der Waals surface area (Å²) in [7, 11) is 0. The number of nitrogens with one attached hydrogen (secondary N) is 1. The van der Waals surface area contributed by atoms with Crippen molar-refractivity contribution < 1.29 is 89.4 Å². The number of carbonyl (C=O) groups is 1. The minimum atomic E-state index is -1.99. The maximum Gasteiger partial charge on any atom is 0.220 e. The molecule has 0 aromatic rings. The van der Waals surface area contributed by atoms with Gasteiger partial charge < -0.3 is 89.9 Å². The maximum atomic E-state index is 13.3. The van der Waals surface area contributed by atoms with Gasteiger partial charge in [-0.2, -0.15) is 0 Å². The van der Waals surface area contributed by atoms with Gasteiger partial charge in [-0.1, -0.05) is 157 Å². The van der Waals surface area contributed by atoms with Crippen molar-refractivity contribution in [2.24, 2.45) is 0 Å². The van der Waals surface area contributed by atoms with Gasteiger partial charge in [-0.15, -0.1) is 0 Å². The molecular weight excluding hydrogens is 987 g/mol. The highest BCUT2D eigenvalue weighted by Crippen LogP contribution is 2.33. The molecular formula is C57H97NO18. The number of aliphatic hydroxyl groups is 11. The van der Waals surface area contributed by atoms with Crippen molar-refractivity contribution in [1.82, 2.24) is 5.32 Å². The molecule has 17 atom stereocenters. The Morgan fingerprint density at radius 1 is 0.487 bits per heavy atom. The smallest absolute Gasteiger partial charge is 0.220 e. The molecule has 0 bridgehead atoms. The van der Waals surface area contributed by atoms with Crippen LogP contribution in [0.2, 0.25) is 0 Å². The highest BCUT2D eigenvalue weighted by Gasteiger charge is 2.53. The average Bonchev–Trinajstić information content (AvgIpc) is 3.41. The predicted molar refractivity (Wildman–Crippen MR) is 286 cm³/mol. The van der Waals surface area contributed by atoms with Crippen molar-refractivity contribution >= 4 is 5.91 Å². The summed E-state index contributed by atoms with van der Waals surface area (Å²) < 4.78 is 34.1. The van der Waals surface area contributed by atoms with Crippen LogP contribution < -0.4 is 5.32 Å². The van der Waals surface area contributed by atoms with Gasteiger partial charge in [-0.05, 0) is 57.8 Å². The molecule has 19 heteroatoms. The number of unbranched alkanes of at least 4 members (excludes halogenated alkanes) is 13. The molecule has 3 aliphatic rings. The lowest BCUT2D eigenvalue weighted by molar-refractivity contribution is -0.379. The van der Waals surface area contributed by atoms with E-state index in [1.165, 1.54) is 57.8 Å². The van der Waals surface area contributed by atoms with Crippen LogP contribution in [0.3, 0.4) is 0 Å². The van der Waals surface area contributed by atoms with E-state index in [-0.39, 0.29) is 18.9 Å². The van der Waals surface area contributed by atoms with Crippen molar-refractivity contribution in [1.29, 1.82) is 0 Å². The molecule has 3 fully saturated rings. The first kappa shape index (κ1) is 67.5. The summed E-state index contributed by atoms with van der Waals surface area (Å²) in [6.07, 6.45) is 18.9. The number of carbonyl (C=O) groups excluding carboxylic acids is 1. The van der Waals surface area contributed by atoms with E-state index in [0.29, 0.717) is 12.8 Å². The first-order valence-electron chi connectivity index (χ1n) is 28.2. The Kier molecular flexibility index (Phi) is 35.9. The van der Waals surface area contributed by atoms with Gasteiger partial charge >= 0.3 is 0 Å². The van der Waals surface area contributed by atoms with Crippen LogP contribution in [-0.2, 0) is 33.2 Å². The Bertz CT molecular complexity index is 1670. The van der Waals surface area contributed by atoms with Crippen molar-refractivity contribution in [2.75, 3.05) is 26.4 Å². The number of rotatable bonds is 39. The van der Waals surface area contributed by atoms with Gasteiger partial charge in [-0.3, -0.25) is 4.79 Å². The third-order valence-electron chi connectivity index (χ3n) is 13.8. The molecule has 0 aromatic carbocycles. The van der Waals surface area contributed by atoms with Crippen molar-refractivity contribution in [3.8, 4) is 0 Å². The van der Waals surface area contributed by atoms with Crippen molar-refractivity contribution in [3.63, 3.8) is 0 Å². The molecule has 76 heavy (non-hydrogen) atoms. The van der Waals surface area contributed by atoms with Crippen LogP contribution in [0.15, 0.2) is 72.9 Å². The molecule has 3 saturated heterocycles. The van der Waals surface area contributed by atoms with E-state index in [0.717, 1.165) is 57.8 Å². The molecule has 0 saturated carbocycles. The molecule has 0 spiro atoms.